The number of hydrogen-bond donors (Lipinski definition) is 0. The fourth-order valence-corrected chi connectivity index (χ4v) is 3.10. The van der Waals surface area contributed by atoms with Crippen molar-refractivity contribution in [2.75, 3.05) is 13.2 Å². The second-order valence-electron chi connectivity index (χ2n) is 7.95. The predicted molar refractivity (Wildman–Crippen MR) is 111 cm³/mol. The van der Waals surface area contributed by atoms with Crippen LogP contribution >= 0.6 is 0 Å². The van der Waals surface area contributed by atoms with Gasteiger partial charge in [-0.3, -0.25) is 0 Å². The zero-order valence-corrected chi connectivity index (χ0v) is 17.0. The summed E-state index contributed by atoms with van der Waals surface area (Å²) in [6.45, 7) is 5.84. The Morgan fingerprint density at radius 1 is 1.00 bits per heavy atom. The summed E-state index contributed by atoms with van der Waals surface area (Å²) < 4.78 is 11.2. The number of hydrogen-bond acceptors (Lipinski definition) is 2. The molecule has 1 atom stereocenters. The molecule has 2 heteroatoms. The molecule has 26 heavy (non-hydrogen) atoms. The number of ether oxygens (including phenoxy) is 2. The summed E-state index contributed by atoms with van der Waals surface area (Å²) in [6, 6.07) is 8.53. The van der Waals surface area contributed by atoms with Gasteiger partial charge in [-0.1, -0.05) is 63.3 Å². The van der Waals surface area contributed by atoms with Crippen LogP contribution in [0.2, 0.25) is 0 Å². The molecule has 1 saturated heterocycles. The first kappa shape index (κ1) is 21.0. The molecule has 0 saturated carbocycles. The van der Waals surface area contributed by atoms with Crippen molar-refractivity contribution in [1.82, 2.24) is 0 Å². The first-order valence-corrected chi connectivity index (χ1v) is 10.7. The molecule has 1 aliphatic rings. The highest BCUT2D eigenvalue weighted by molar-refractivity contribution is 5.28. The number of rotatable bonds is 15. The van der Waals surface area contributed by atoms with E-state index in [9.17, 15) is 0 Å². The predicted octanol–water partition coefficient (Wildman–Crippen LogP) is 6.87. The molecule has 1 aromatic carbocycles. The van der Waals surface area contributed by atoms with Gasteiger partial charge in [0, 0.05) is 0 Å². The highest BCUT2D eigenvalue weighted by Gasteiger charge is 2.40. The van der Waals surface area contributed by atoms with E-state index in [1.165, 1.54) is 69.8 Å². The minimum Gasteiger partial charge on any atom is -0.490 e. The van der Waals surface area contributed by atoms with Crippen LogP contribution in [0.15, 0.2) is 36.4 Å². The van der Waals surface area contributed by atoms with E-state index in [1.807, 2.05) is 6.07 Å². The molecule has 0 radical (unpaired) electrons. The Morgan fingerprint density at radius 2 is 1.69 bits per heavy atom. The summed E-state index contributed by atoms with van der Waals surface area (Å²) in [5.74, 6) is 0.970. The quantitative estimate of drug-likeness (QED) is 0.194. The van der Waals surface area contributed by atoms with Crippen molar-refractivity contribution in [3.8, 4) is 5.75 Å². The van der Waals surface area contributed by atoms with Crippen LogP contribution in [0.25, 0.3) is 0 Å². The molecule has 146 valence electrons. The van der Waals surface area contributed by atoms with E-state index in [2.05, 4.69) is 44.2 Å². The smallest absolute Gasteiger partial charge is 0.123 e. The van der Waals surface area contributed by atoms with Crippen LogP contribution in [0, 0.1) is 0 Å². The van der Waals surface area contributed by atoms with E-state index in [1.54, 1.807) is 0 Å². The maximum Gasteiger partial charge on any atom is 0.123 e. The van der Waals surface area contributed by atoms with E-state index in [4.69, 9.17) is 9.47 Å². The zero-order valence-electron chi connectivity index (χ0n) is 17.0. The molecule has 0 aromatic heterocycles. The molecule has 2 nitrogen and oxygen atoms in total. The van der Waals surface area contributed by atoms with Crippen LogP contribution in [-0.4, -0.2) is 18.8 Å². The molecule has 1 aliphatic heterocycles. The summed E-state index contributed by atoms with van der Waals surface area (Å²) in [6.07, 6.45) is 19.2. The van der Waals surface area contributed by atoms with E-state index in [0.29, 0.717) is 6.61 Å². The Hall–Kier alpha value is -1.28. The SMILES string of the molecule is CCCCCCCC/C=C/CCCCc1cccc(OCC2(C)CO2)c1. The van der Waals surface area contributed by atoms with Gasteiger partial charge >= 0.3 is 0 Å². The summed E-state index contributed by atoms with van der Waals surface area (Å²) in [4.78, 5) is 0. The van der Waals surface area contributed by atoms with Gasteiger partial charge in [0.25, 0.3) is 0 Å². The van der Waals surface area contributed by atoms with Gasteiger partial charge in [-0.05, 0) is 63.1 Å². The molecule has 2 rings (SSSR count). The van der Waals surface area contributed by atoms with Crippen LogP contribution in [0.4, 0.5) is 0 Å². The normalized spacial score (nSPS) is 19.2. The first-order valence-electron chi connectivity index (χ1n) is 10.7. The van der Waals surface area contributed by atoms with Gasteiger partial charge in [-0.2, -0.15) is 0 Å². The number of benzene rings is 1. The van der Waals surface area contributed by atoms with Gasteiger partial charge in [-0.25, -0.2) is 0 Å². The van der Waals surface area contributed by atoms with Crippen molar-refractivity contribution in [3.05, 3.63) is 42.0 Å². The van der Waals surface area contributed by atoms with Gasteiger partial charge in [-0.15, -0.1) is 0 Å². The average molecular weight is 359 g/mol. The number of epoxide rings is 1. The average Bonchev–Trinajstić information content (AvgIpc) is 3.39. The third kappa shape index (κ3) is 9.43. The molecule has 1 fully saturated rings. The zero-order chi connectivity index (χ0) is 18.5. The summed E-state index contributed by atoms with van der Waals surface area (Å²) in [5.41, 5.74) is 1.33. The van der Waals surface area contributed by atoms with Crippen LogP contribution < -0.4 is 4.74 Å². The van der Waals surface area contributed by atoms with Crippen molar-refractivity contribution < 1.29 is 9.47 Å². The van der Waals surface area contributed by atoms with Gasteiger partial charge in [0.2, 0.25) is 0 Å². The Bertz CT molecular complexity index is 517. The number of allylic oxidation sites excluding steroid dienone is 2. The van der Waals surface area contributed by atoms with E-state index in [0.717, 1.165) is 18.8 Å². The lowest BCUT2D eigenvalue weighted by Gasteiger charge is -2.10. The monoisotopic (exact) mass is 358 g/mol. The van der Waals surface area contributed by atoms with Crippen LogP contribution in [-0.2, 0) is 11.2 Å². The Morgan fingerprint density at radius 3 is 2.42 bits per heavy atom. The van der Waals surface area contributed by atoms with Gasteiger partial charge in [0.05, 0.1) is 6.61 Å². The highest BCUT2D eigenvalue weighted by atomic mass is 16.6. The Kier molecular flexibility index (Phi) is 9.84. The van der Waals surface area contributed by atoms with Crippen molar-refractivity contribution in [1.29, 1.82) is 0 Å². The molecule has 0 N–H and O–H groups in total. The van der Waals surface area contributed by atoms with E-state index in [-0.39, 0.29) is 5.60 Å². The number of aryl methyl sites for hydroxylation is 1. The minimum absolute atomic E-state index is 0.0438. The lowest BCUT2D eigenvalue weighted by Crippen LogP contribution is -2.16. The second-order valence-corrected chi connectivity index (χ2v) is 7.95. The fraction of sp³-hybridized carbons (Fsp3) is 0.667. The molecular weight excluding hydrogens is 320 g/mol. The topological polar surface area (TPSA) is 21.8 Å². The van der Waals surface area contributed by atoms with Crippen molar-refractivity contribution >= 4 is 0 Å². The third-order valence-electron chi connectivity index (χ3n) is 5.06. The largest absolute Gasteiger partial charge is 0.490 e. The van der Waals surface area contributed by atoms with Crippen molar-refractivity contribution in [3.63, 3.8) is 0 Å². The summed E-state index contributed by atoms with van der Waals surface area (Å²) in [5, 5.41) is 0. The molecule has 0 spiro atoms. The van der Waals surface area contributed by atoms with Crippen LogP contribution in [0.3, 0.4) is 0 Å². The van der Waals surface area contributed by atoms with Gasteiger partial charge in [0.15, 0.2) is 0 Å². The molecule has 1 unspecified atom stereocenters. The molecule has 1 heterocycles. The highest BCUT2D eigenvalue weighted by Crippen LogP contribution is 2.27. The Balaban J connectivity index is 1.48. The van der Waals surface area contributed by atoms with Crippen molar-refractivity contribution in [2.45, 2.75) is 90.1 Å². The molecular formula is C24H38O2. The van der Waals surface area contributed by atoms with E-state index >= 15 is 0 Å². The van der Waals surface area contributed by atoms with E-state index < -0.39 is 0 Å². The lowest BCUT2D eigenvalue weighted by atomic mass is 10.1. The Labute approximate surface area is 161 Å². The molecule has 0 bridgehead atoms. The summed E-state index contributed by atoms with van der Waals surface area (Å²) >= 11 is 0. The standard InChI is InChI=1S/C24H38O2/c1-3-4-5-6-7-8-9-10-11-12-13-14-16-22-17-15-18-23(19-22)25-20-24(2)21-26-24/h10-11,15,17-19H,3-9,12-14,16,20-21H2,1-2H3/b11-10+. The molecule has 0 aliphatic carbocycles. The lowest BCUT2D eigenvalue weighted by molar-refractivity contribution is 0.202. The molecule has 0 amide bonds. The second kappa shape index (κ2) is 12.2. The van der Waals surface area contributed by atoms with Crippen molar-refractivity contribution in [2.24, 2.45) is 0 Å². The molecule has 1 aromatic rings. The fourth-order valence-electron chi connectivity index (χ4n) is 3.10. The maximum absolute atomic E-state index is 5.85. The minimum atomic E-state index is -0.0438. The first-order chi connectivity index (χ1) is 12.7. The summed E-state index contributed by atoms with van der Waals surface area (Å²) in [7, 11) is 0. The van der Waals surface area contributed by atoms with Gasteiger partial charge in [0.1, 0.15) is 18.0 Å². The van der Waals surface area contributed by atoms with Gasteiger partial charge < -0.3 is 9.47 Å². The number of unbranched alkanes of at least 4 members (excludes halogenated alkanes) is 8. The third-order valence-corrected chi connectivity index (χ3v) is 5.06. The maximum atomic E-state index is 5.85. The van der Waals surface area contributed by atoms with Crippen LogP contribution in [0.1, 0.15) is 83.6 Å². The van der Waals surface area contributed by atoms with Crippen LogP contribution in [0.5, 0.6) is 5.75 Å².